The van der Waals surface area contributed by atoms with Crippen LogP contribution in [0.4, 0.5) is 5.69 Å². The predicted molar refractivity (Wildman–Crippen MR) is 141 cm³/mol. The molecule has 162 valence electrons. The first-order valence-electron chi connectivity index (χ1n) is 11.8. The van der Waals surface area contributed by atoms with Gasteiger partial charge >= 0.3 is 0 Å². The molecule has 0 amide bonds. The molecule has 1 aromatic heterocycles. The van der Waals surface area contributed by atoms with Gasteiger partial charge in [-0.05, 0) is 69.8 Å². The number of para-hydroxylation sites is 3. The molecule has 0 bridgehead atoms. The number of nitriles is 1. The molecule has 5 aromatic carbocycles. The fourth-order valence-electron chi connectivity index (χ4n) is 6.70. The summed E-state index contributed by atoms with van der Waals surface area (Å²) in [5.41, 5.74) is 18.0. The van der Waals surface area contributed by atoms with Gasteiger partial charge in [0.2, 0.25) is 0 Å². The van der Waals surface area contributed by atoms with E-state index < -0.39 is 5.41 Å². The van der Waals surface area contributed by atoms with Crippen molar-refractivity contribution >= 4 is 27.5 Å². The Balaban J connectivity index is 1.67. The summed E-state index contributed by atoms with van der Waals surface area (Å²) in [5, 5.41) is 12.2. The molecule has 2 heterocycles. The SMILES string of the molecule is N#Cc1ccc2c(c1)-c1cc(N)ccc1C21c2ccccc2-n2c3ccccc3c3cccc1c32. The van der Waals surface area contributed by atoms with E-state index in [2.05, 4.69) is 95.6 Å². The number of nitrogens with two attached hydrogens (primary N) is 1. The van der Waals surface area contributed by atoms with Crippen LogP contribution >= 0.6 is 0 Å². The number of hydrogen-bond acceptors (Lipinski definition) is 2. The van der Waals surface area contributed by atoms with Gasteiger partial charge in [-0.15, -0.1) is 0 Å². The molecule has 35 heavy (non-hydrogen) atoms. The molecule has 6 aromatic rings. The van der Waals surface area contributed by atoms with Crippen molar-refractivity contribution in [2.45, 2.75) is 5.41 Å². The smallest absolute Gasteiger partial charge is 0.0991 e. The average Bonchev–Trinajstić information content (AvgIpc) is 3.39. The fourth-order valence-corrected chi connectivity index (χ4v) is 6.70. The first kappa shape index (κ1) is 18.6. The van der Waals surface area contributed by atoms with E-state index in [9.17, 15) is 5.26 Å². The molecule has 2 N–H and O–H groups in total. The lowest BCUT2D eigenvalue weighted by Gasteiger charge is -2.39. The van der Waals surface area contributed by atoms with Crippen molar-refractivity contribution in [2.75, 3.05) is 5.73 Å². The van der Waals surface area contributed by atoms with Crippen molar-refractivity contribution in [2.24, 2.45) is 0 Å². The van der Waals surface area contributed by atoms with Gasteiger partial charge in [0, 0.05) is 16.5 Å². The van der Waals surface area contributed by atoms with Gasteiger partial charge < -0.3 is 10.3 Å². The number of rotatable bonds is 0. The van der Waals surface area contributed by atoms with Gasteiger partial charge in [0.05, 0.1) is 33.8 Å². The van der Waals surface area contributed by atoms with E-state index in [-0.39, 0.29) is 0 Å². The first-order valence-corrected chi connectivity index (χ1v) is 11.8. The van der Waals surface area contributed by atoms with Gasteiger partial charge in [0.15, 0.2) is 0 Å². The highest BCUT2D eigenvalue weighted by molar-refractivity contribution is 6.12. The Bertz CT molecular complexity index is 1940. The highest BCUT2D eigenvalue weighted by Gasteiger charge is 2.50. The van der Waals surface area contributed by atoms with Crippen molar-refractivity contribution in [1.82, 2.24) is 4.57 Å². The monoisotopic (exact) mass is 445 g/mol. The molecular weight excluding hydrogens is 426 g/mol. The molecule has 1 aliphatic carbocycles. The van der Waals surface area contributed by atoms with Crippen molar-refractivity contribution in [3.05, 3.63) is 131 Å². The topological polar surface area (TPSA) is 54.7 Å². The van der Waals surface area contributed by atoms with Crippen molar-refractivity contribution < 1.29 is 0 Å². The third kappa shape index (κ3) is 2.03. The highest BCUT2D eigenvalue weighted by Crippen LogP contribution is 2.61. The molecule has 1 atom stereocenters. The van der Waals surface area contributed by atoms with Crippen LogP contribution in [0.1, 0.15) is 27.8 Å². The van der Waals surface area contributed by atoms with Crippen molar-refractivity contribution in [3.63, 3.8) is 0 Å². The molecule has 2 aliphatic rings. The minimum Gasteiger partial charge on any atom is -0.399 e. The highest BCUT2D eigenvalue weighted by atomic mass is 15.0. The van der Waals surface area contributed by atoms with Crippen LogP contribution < -0.4 is 5.73 Å². The second-order valence-electron chi connectivity index (χ2n) is 9.50. The van der Waals surface area contributed by atoms with Crippen LogP contribution in [-0.4, -0.2) is 4.57 Å². The molecule has 1 spiro atoms. The van der Waals surface area contributed by atoms with Crippen molar-refractivity contribution in [3.8, 4) is 22.9 Å². The number of aromatic nitrogens is 1. The first-order chi connectivity index (χ1) is 17.2. The Morgan fingerprint density at radius 1 is 0.657 bits per heavy atom. The summed E-state index contributed by atoms with van der Waals surface area (Å²) in [6.45, 7) is 0. The van der Waals surface area contributed by atoms with Crippen LogP contribution in [-0.2, 0) is 5.41 Å². The maximum absolute atomic E-state index is 9.69. The summed E-state index contributed by atoms with van der Waals surface area (Å²) in [4.78, 5) is 0. The standard InChI is InChI=1S/C32H19N3/c33-18-19-12-14-25-23(16-19)24-17-20(34)13-15-26(24)32(25)27-8-2-4-11-30(27)35-29-10-3-1-6-21(29)22-7-5-9-28(32)31(22)35/h1-17H,34H2. The second-order valence-corrected chi connectivity index (χ2v) is 9.50. The van der Waals surface area contributed by atoms with Gasteiger partial charge in [-0.25, -0.2) is 0 Å². The minimum absolute atomic E-state index is 0.493. The summed E-state index contributed by atoms with van der Waals surface area (Å²) in [6.07, 6.45) is 0. The number of nitrogens with zero attached hydrogens (tertiary/aromatic N) is 2. The summed E-state index contributed by atoms with van der Waals surface area (Å²) in [7, 11) is 0. The predicted octanol–water partition coefficient (Wildman–Crippen LogP) is 6.91. The zero-order valence-electron chi connectivity index (χ0n) is 18.8. The van der Waals surface area contributed by atoms with Crippen molar-refractivity contribution in [1.29, 1.82) is 5.26 Å². The quantitative estimate of drug-likeness (QED) is 0.258. The Kier molecular flexibility index (Phi) is 3.29. The van der Waals surface area contributed by atoms with E-state index in [4.69, 9.17) is 5.73 Å². The number of fused-ring (bicyclic) bond motifs is 12. The summed E-state index contributed by atoms with van der Waals surface area (Å²) in [6, 6.07) is 38.8. The lowest BCUT2D eigenvalue weighted by atomic mass is 9.65. The zero-order chi connectivity index (χ0) is 23.3. The number of benzene rings is 5. The number of nitrogen functional groups attached to an aromatic ring is 1. The largest absolute Gasteiger partial charge is 0.399 e. The lowest BCUT2D eigenvalue weighted by molar-refractivity contribution is 0.748. The molecule has 8 rings (SSSR count). The Morgan fingerprint density at radius 3 is 2.26 bits per heavy atom. The van der Waals surface area contributed by atoms with Crippen LogP contribution in [0.2, 0.25) is 0 Å². The van der Waals surface area contributed by atoms with E-state index in [0.29, 0.717) is 5.56 Å². The van der Waals surface area contributed by atoms with Crippen LogP contribution in [0.15, 0.2) is 103 Å². The Hall–Kier alpha value is -4.81. The molecule has 3 nitrogen and oxygen atoms in total. The van der Waals surface area contributed by atoms with Crippen LogP contribution in [0.25, 0.3) is 38.6 Å². The normalized spacial score (nSPS) is 16.8. The maximum atomic E-state index is 9.69. The summed E-state index contributed by atoms with van der Waals surface area (Å²) in [5.74, 6) is 0. The van der Waals surface area contributed by atoms with E-state index in [1.54, 1.807) is 0 Å². The second kappa shape index (κ2) is 6.20. The molecule has 1 unspecified atom stereocenters. The van der Waals surface area contributed by atoms with Crippen LogP contribution in [0, 0.1) is 11.3 Å². The average molecular weight is 446 g/mol. The van der Waals surface area contributed by atoms with Gasteiger partial charge in [-0.3, -0.25) is 0 Å². The Labute approximate surface area is 202 Å². The molecular formula is C32H19N3. The fraction of sp³-hybridized carbons (Fsp3) is 0.0312. The molecule has 3 heteroatoms. The van der Waals surface area contributed by atoms with Gasteiger partial charge in [0.25, 0.3) is 0 Å². The van der Waals surface area contributed by atoms with E-state index >= 15 is 0 Å². The van der Waals surface area contributed by atoms with E-state index in [0.717, 1.165) is 16.8 Å². The minimum atomic E-state index is -0.493. The van der Waals surface area contributed by atoms with Crippen LogP contribution in [0.5, 0.6) is 0 Å². The molecule has 0 radical (unpaired) electrons. The van der Waals surface area contributed by atoms with E-state index in [1.165, 1.54) is 49.7 Å². The van der Waals surface area contributed by atoms with Gasteiger partial charge in [-0.1, -0.05) is 66.7 Å². The van der Waals surface area contributed by atoms with Gasteiger partial charge in [0.1, 0.15) is 0 Å². The Morgan fingerprint density at radius 2 is 1.37 bits per heavy atom. The number of hydrogen-bond donors (Lipinski definition) is 1. The maximum Gasteiger partial charge on any atom is 0.0991 e. The zero-order valence-corrected chi connectivity index (χ0v) is 18.8. The van der Waals surface area contributed by atoms with E-state index in [1.807, 2.05) is 18.2 Å². The van der Waals surface area contributed by atoms with Gasteiger partial charge in [-0.2, -0.15) is 5.26 Å². The molecule has 0 saturated carbocycles. The molecule has 0 saturated heterocycles. The molecule has 0 fully saturated rings. The summed E-state index contributed by atoms with van der Waals surface area (Å²) >= 11 is 0. The third-order valence-electron chi connectivity index (χ3n) is 7.94. The lowest BCUT2D eigenvalue weighted by Crippen LogP contribution is -2.33. The molecule has 1 aliphatic heterocycles. The third-order valence-corrected chi connectivity index (χ3v) is 7.94. The summed E-state index contributed by atoms with van der Waals surface area (Å²) < 4.78 is 2.43. The number of anilines is 1. The van der Waals surface area contributed by atoms with Crippen LogP contribution in [0.3, 0.4) is 0 Å².